The molecule has 5 nitrogen and oxygen atoms in total. The average molecular weight is 299 g/mol. The van der Waals surface area contributed by atoms with E-state index in [1.54, 1.807) is 33.1 Å². The monoisotopic (exact) mass is 299 g/mol. The molecule has 1 aromatic rings. The predicted molar refractivity (Wildman–Crippen MR) is 76.6 cm³/mol. The normalized spacial score (nSPS) is 20.9. The number of ether oxygens (including phenoxy) is 2. The fourth-order valence-electron chi connectivity index (χ4n) is 2.62. The zero-order chi connectivity index (χ0) is 14.9. The van der Waals surface area contributed by atoms with Crippen LogP contribution in [-0.2, 0) is 14.8 Å². The molecule has 20 heavy (non-hydrogen) atoms. The van der Waals surface area contributed by atoms with Crippen molar-refractivity contribution in [2.24, 2.45) is 0 Å². The third kappa shape index (κ3) is 2.68. The Morgan fingerprint density at radius 1 is 1.30 bits per heavy atom. The van der Waals surface area contributed by atoms with Crippen LogP contribution in [0.5, 0.6) is 5.75 Å². The average Bonchev–Trinajstić information content (AvgIpc) is 2.37. The lowest BCUT2D eigenvalue weighted by atomic mass is 10.1. The Bertz CT molecular complexity index is 574. The number of hydrogen-bond donors (Lipinski definition) is 0. The van der Waals surface area contributed by atoms with Crippen LogP contribution in [0.15, 0.2) is 17.0 Å². The molecule has 0 amide bonds. The van der Waals surface area contributed by atoms with Gasteiger partial charge in [0.05, 0.1) is 25.2 Å². The Morgan fingerprint density at radius 2 is 1.90 bits per heavy atom. The van der Waals surface area contributed by atoms with Crippen LogP contribution in [-0.4, -0.2) is 45.6 Å². The van der Waals surface area contributed by atoms with E-state index >= 15 is 0 Å². The maximum absolute atomic E-state index is 12.9. The summed E-state index contributed by atoms with van der Waals surface area (Å²) in [5.74, 6) is 0.675. The first-order valence-corrected chi connectivity index (χ1v) is 8.06. The van der Waals surface area contributed by atoms with Crippen molar-refractivity contribution < 1.29 is 17.9 Å². The topological polar surface area (TPSA) is 55.8 Å². The number of rotatable bonds is 3. The maximum Gasteiger partial charge on any atom is 0.244 e. The van der Waals surface area contributed by atoms with Gasteiger partial charge in [0.15, 0.2) is 0 Å². The van der Waals surface area contributed by atoms with E-state index < -0.39 is 10.0 Å². The molecule has 0 bridgehead atoms. The van der Waals surface area contributed by atoms with Gasteiger partial charge >= 0.3 is 0 Å². The lowest BCUT2D eigenvalue weighted by Gasteiger charge is -2.33. The number of hydrogen-bond acceptors (Lipinski definition) is 4. The van der Waals surface area contributed by atoms with Crippen LogP contribution in [0.4, 0.5) is 0 Å². The predicted octanol–water partition coefficient (Wildman–Crippen LogP) is 1.72. The van der Waals surface area contributed by atoms with Gasteiger partial charge in [-0.3, -0.25) is 0 Å². The third-order valence-electron chi connectivity index (χ3n) is 3.54. The molecule has 6 heteroatoms. The van der Waals surface area contributed by atoms with Crippen molar-refractivity contribution in [3.63, 3.8) is 0 Å². The maximum atomic E-state index is 12.9. The quantitative estimate of drug-likeness (QED) is 0.853. The van der Waals surface area contributed by atoms with Crippen LogP contribution in [0.25, 0.3) is 0 Å². The van der Waals surface area contributed by atoms with E-state index in [2.05, 4.69) is 0 Å². The highest BCUT2D eigenvalue weighted by Gasteiger charge is 2.33. The summed E-state index contributed by atoms with van der Waals surface area (Å²) < 4.78 is 37.8. The van der Waals surface area contributed by atoms with Crippen LogP contribution in [0.3, 0.4) is 0 Å². The lowest BCUT2D eigenvalue weighted by Crippen LogP contribution is -2.47. The molecular weight excluding hydrogens is 278 g/mol. The first-order chi connectivity index (χ1) is 9.37. The minimum absolute atomic E-state index is 0.144. The number of aryl methyl sites for hydroxylation is 2. The van der Waals surface area contributed by atoms with Crippen molar-refractivity contribution in [3.05, 3.63) is 23.3 Å². The smallest absolute Gasteiger partial charge is 0.244 e. The van der Waals surface area contributed by atoms with Crippen molar-refractivity contribution >= 4 is 10.0 Å². The van der Waals surface area contributed by atoms with E-state index in [0.29, 0.717) is 41.5 Å². The number of nitrogens with zero attached hydrogens (tertiary/aromatic N) is 1. The van der Waals surface area contributed by atoms with E-state index in [-0.39, 0.29) is 6.04 Å². The number of benzene rings is 1. The zero-order valence-electron chi connectivity index (χ0n) is 12.3. The zero-order valence-corrected chi connectivity index (χ0v) is 13.2. The van der Waals surface area contributed by atoms with E-state index in [4.69, 9.17) is 9.47 Å². The Labute approximate surface area is 120 Å². The van der Waals surface area contributed by atoms with Gasteiger partial charge in [-0.15, -0.1) is 0 Å². The Kier molecular flexibility index (Phi) is 4.36. The second kappa shape index (κ2) is 5.71. The van der Waals surface area contributed by atoms with Crippen LogP contribution in [0.2, 0.25) is 0 Å². The van der Waals surface area contributed by atoms with Crippen LogP contribution in [0, 0.1) is 13.8 Å². The van der Waals surface area contributed by atoms with Crippen molar-refractivity contribution in [2.45, 2.75) is 31.7 Å². The molecule has 112 valence electrons. The molecule has 1 aromatic carbocycles. The van der Waals surface area contributed by atoms with Gasteiger partial charge in [-0.25, -0.2) is 8.42 Å². The standard InChI is InChI=1S/C14H21NO4S/c1-10-7-13(18-4)8-11(2)14(10)20(16,17)15-5-6-19-9-12(15)3/h7-8,12H,5-6,9H2,1-4H3. The second-order valence-electron chi connectivity index (χ2n) is 5.13. The fraction of sp³-hybridized carbons (Fsp3) is 0.571. The summed E-state index contributed by atoms with van der Waals surface area (Å²) >= 11 is 0. The molecule has 0 saturated carbocycles. The highest BCUT2D eigenvalue weighted by Crippen LogP contribution is 2.29. The molecule has 1 aliphatic rings. The molecule has 1 atom stereocenters. The van der Waals surface area contributed by atoms with Gasteiger partial charge in [0, 0.05) is 12.6 Å². The summed E-state index contributed by atoms with van der Waals surface area (Å²) in [6.45, 7) is 6.74. The Morgan fingerprint density at radius 3 is 2.40 bits per heavy atom. The van der Waals surface area contributed by atoms with Crippen LogP contribution < -0.4 is 4.74 Å². The Balaban J connectivity index is 2.49. The van der Waals surface area contributed by atoms with E-state index in [1.807, 2.05) is 6.92 Å². The Hall–Kier alpha value is -1.11. The molecule has 0 spiro atoms. The van der Waals surface area contributed by atoms with Crippen molar-refractivity contribution in [1.29, 1.82) is 0 Å². The number of morpholine rings is 1. The third-order valence-corrected chi connectivity index (χ3v) is 5.86. The first-order valence-electron chi connectivity index (χ1n) is 6.62. The first kappa shape index (κ1) is 15.3. The summed E-state index contributed by atoms with van der Waals surface area (Å²) in [6, 6.07) is 3.37. The lowest BCUT2D eigenvalue weighted by molar-refractivity contribution is 0.0392. The molecule has 1 unspecified atom stereocenters. The highest BCUT2D eigenvalue weighted by molar-refractivity contribution is 7.89. The summed E-state index contributed by atoms with van der Waals surface area (Å²) in [5, 5.41) is 0. The molecule has 0 radical (unpaired) electrons. The summed E-state index contributed by atoms with van der Waals surface area (Å²) in [7, 11) is -1.92. The summed E-state index contributed by atoms with van der Waals surface area (Å²) in [5.41, 5.74) is 1.42. The van der Waals surface area contributed by atoms with Crippen LogP contribution in [0.1, 0.15) is 18.1 Å². The van der Waals surface area contributed by atoms with Crippen molar-refractivity contribution in [2.75, 3.05) is 26.9 Å². The molecule has 0 aromatic heterocycles. The van der Waals surface area contributed by atoms with Gasteiger partial charge in [-0.1, -0.05) is 0 Å². The van der Waals surface area contributed by atoms with Gasteiger partial charge in [-0.2, -0.15) is 4.31 Å². The van der Waals surface area contributed by atoms with Crippen molar-refractivity contribution in [3.8, 4) is 5.75 Å². The largest absolute Gasteiger partial charge is 0.497 e. The molecular formula is C14H21NO4S. The minimum Gasteiger partial charge on any atom is -0.497 e. The molecule has 1 aliphatic heterocycles. The van der Waals surface area contributed by atoms with Crippen LogP contribution >= 0.6 is 0 Å². The number of sulfonamides is 1. The molecule has 2 rings (SSSR count). The van der Waals surface area contributed by atoms with E-state index in [9.17, 15) is 8.42 Å². The minimum atomic E-state index is -3.50. The van der Waals surface area contributed by atoms with E-state index in [1.165, 1.54) is 4.31 Å². The second-order valence-corrected chi connectivity index (χ2v) is 6.96. The highest BCUT2D eigenvalue weighted by atomic mass is 32.2. The van der Waals surface area contributed by atoms with Crippen molar-refractivity contribution in [1.82, 2.24) is 4.31 Å². The van der Waals surface area contributed by atoms with Gasteiger partial charge in [0.25, 0.3) is 0 Å². The summed E-state index contributed by atoms with van der Waals surface area (Å²) in [4.78, 5) is 0.382. The summed E-state index contributed by atoms with van der Waals surface area (Å²) in [6.07, 6.45) is 0. The van der Waals surface area contributed by atoms with Gasteiger partial charge in [0.1, 0.15) is 5.75 Å². The van der Waals surface area contributed by atoms with Gasteiger partial charge < -0.3 is 9.47 Å². The molecule has 1 fully saturated rings. The van der Waals surface area contributed by atoms with Gasteiger partial charge in [0.2, 0.25) is 10.0 Å². The molecule has 0 aliphatic carbocycles. The van der Waals surface area contributed by atoms with E-state index in [0.717, 1.165) is 0 Å². The molecule has 1 heterocycles. The van der Waals surface area contributed by atoms with Gasteiger partial charge in [-0.05, 0) is 44.0 Å². The fourth-order valence-corrected chi connectivity index (χ4v) is 4.64. The molecule has 1 saturated heterocycles. The number of methoxy groups -OCH3 is 1. The SMILES string of the molecule is COc1cc(C)c(S(=O)(=O)N2CCOCC2C)c(C)c1. The molecule has 0 N–H and O–H groups in total.